The Bertz CT molecular complexity index is 613. The van der Waals surface area contributed by atoms with Crippen LogP contribution in [0.5, 0.6) is 0 Å². The van der Waals surface area contributed by atoms with Crippen molar-refractivity contribution >= 4 is 11.3 Å². The van der Waals surface area contributed by atoms with Gasteiger partial charge >= 0.3 is 0 Å². The Morgan fingerprint density at radius 3 is 1.95 bits per heavy atom. The van der Waals surface area contributed by atoms with E-state index < -0.39 is 0 Å². The van der Waals surface area contributed by atoms with E-state index in [0.29, 0.717) is 0 Å². The van der Waals surface area contributed by atoms with Crippen LogP contribution >= 0.6 is 0 Å². The minimum atomic E-state index is 0.808. The standard InChI is InChI=1S/C20H23NO/c1-2-19(17-9-5-3-6-10-17)20(18-11-7-4-8-12-18)21-13-15-22-16-14-21/h3-12H,2,13-16H2,1H3/b20-19-. The minimum absolute atomic E-state index is 0.808. The lowest BCUT2D eigenvalue weighted by Crippen LogP contribution is -2.35. The molecule has 3 rings (SSSR count). The van der Waals surface area contributed by atoms with Gasteiger partial charge in [0.25, 0.3) is 0 Å². The summed E-state index contributed by atoms with van der Waals surface area (Å²) in [6, 6.07) is 21.5. The van der Waals surface area contributed by atoms with Gasteiger partial charge in [0.1, 0.15) is 0 Å². The Morgan fingerprint density at radius 2 is 1.41 bits per heavy atom. The van der Waals surface area contributed by atoms with E-state index in [2.05, 4.69) is 72.5 Å². The van der Waals surface area contributed by atoms with Crippen LogP contribution in [0.2, 0.25) is 0 Å². The third kappa shape index (κ3) is 3.23. The maximum Gasteiger partial charge on any atom is 0.0642 e. The van der Waals surface area contributed by atoms with Crippen LogP contribution in [0.25, 0.3) is 11.3 Å². The van der Waals surface area contributed by atoms with Crippen LogP contribution < -0.4 is 0 Å². The SMILES string of the molecule is CC/C(=C(\c1ccccc1)N1CCOCC1)c1ccccc1. The van der Waals surface area contributed by atoms with Gasteiger partial charge in [0.2, 0.25) is 0 Å². The summed E-state index contributed by atoms with van der Waals surface area (Å²) in [7, 11) is 0. The lowest BCUT2D eigenvalue weighted by atomic mass is 9.96. The topological polar surface area (TPSA) is 12.5 Å². The molecule has 0 amide bonds. The number of rotatable bonds is 4. The zero-order valence-electron chi connectivity index (χ0n) is 13.2. The second-order valence-corrected chi connectivity index (χ2v) is 5.51. The van der Waals surface area contributed by atoms with Crippen molar-refractivity contribution in [1.29, 1.82) is 0 Å². The molecule has 1 fully saturated rings. The van der Waals surface area contributed by atoms with Crippen molar-refractivity contribution in [2.45, 2.75) is 13.3 Å². The van der Waals surface area contributed by atoms with Crippen molar-refractivity contribution in [2.24, 2.45) is 0 Å². The van der Waals surface area contributed by atoms with Crippen LogP contribution in [0.3, 0.4) is 0 Å². The maximum absolute atomic E-state index is 5.54. The highest BCUT2D eigenvalue weighted by atomic mass is 16.5. The van der Waals surface area contributed by atoms with E-state index in [0.717, 1.165) is 32.7 Å². The molecule has 0 bridgehead atoms. The predicted octanol–water partition coefficient (Wildman–Crippen LogP) is 4.30. The fraction of sp³-hybridized carbons (Fsp3) is 0.300. The smallest absolute Gasteiger partial charge is 0.0642 e. The van der Waals surface area contributed by atoms with Gasteiger partial charge in [0, 0.05) is 18.8 Å². The van der Waals surface area contributed by atoms with Gasteiger partial charge in [0.05, 0.1) is 13.2 Å². The number of benzene rings is 2. The second kappa shape index (κ2) is 7.28. The molecule has 0 unspecified atom stereocenters. The zero-order valence-corrected chi connectivity index (χ0v) is 13.2. The first-order valence-corrected chi connectivity index (χ1v) is 8.07. The largest absolute Gasteiger partial charge is 0.378 e. The molecule has 1 aliphatic rings. The fourth-order valence-corrected chi connectivity index (χ4v) is 3.08. The summed E-state index contributed by atoms with van der Waals surface area (Å²) in [4.78, 5) is 2.48. The first kappa shape index (κ1) is 14.9. The third-order valence-corrected chi connectivity index (χ3v) is 4.14. The van der Waals surface area contributed by atoms with Crippen molar-refractivity contribution in [1.82, 2.24) is 4.90 Å². The molecule has 1 saturated heterocycles. The van der Waals surface area contributed by atoms with Crippen LogP contribution in [0, 0.1) is 0 Å². The van der Waals surface area contributed by atoms with E-state index in [1.54, 1.807) is 0 Å². The van der Waals surface area contributed by atoms with Gasteiger partial charge in [-0.15, -0.1) is 0 Å². The summed E-state index contributed by atoms with van der Waals surface area (Å²) in [5, 5.41) is 0. The van der Waals surface area contributed by atoms with E-state index in [-0.39, 0.29) is 0 Å². The number of allylic oxidation sites excluding steroid dienone is 1. The number of morpholine rings is 1. The highest BCUT2D eigenvalue weighted by molar-refractivity contribution is 5.89. The molecule has 0 N–H and O–H groups in total. The van der Waals surface area contributed by atoms with Crippen molar-refractivity contribution in [3.05, 3.63) is 71.8 Å². The normalized spacial score (nSPS) is 16.3. The minimum Gasteiger partial charge on any atom is -0.378 e. The van der Waals surface area contributed by atoms with Crippen molar-refractivity contribution < 1.29 is 4.74 Å². The van der Waals surface area contributed by atoms with Crippen molar-refractivity contribution in [3.63, 3.8) is 0 Å². The number of ether oxygens (including phenoxy) is 1. The van der Waals surface area contributed by atoms with E-state index in [1.807, 2.05) is 0 Å². The molecule has 2 heteroatoms. The summed E-state index contributed by atoms with van der Waals surface area (Å²) in [5.41, 5.74) is 5.38. The lowest BCUT2D eigenvalue weighted by Gasteiger charge is -2.33. The first-order valence-electron chi connectivity index (χ1n) is 8.07. The van der Waals surface area contributed by atoms with E-state index in [1.165, 1.54) is 22.4 Å². The van der Waals surface area contributed by atoms with Crippen molar-refractivity contribution in [2.75, 3.05) is 26.3 Å². The molecule has 0 aromatic heterocycles. The van der Waals surface area contributed by atoms with Gasteiger partial charge in [0.15, 0.2) is 0 Å². The summed E-state index contributed by atoms with van der Waals surface area (Å²) in [5.74, 6) is 0. The third-order valence-electron chi connectivity index (χ3n) is 4.14. The molecule has 0 atom stereocenters. The molecule has 2 aromatic carbocycles. The van der Waals surface area contributed by atoms with Gasteiger partial charge in [-0.2, -0.15) is 0 Å². The Kier molecular flexibility index (Phi) is 4.92. The molecular weight excluding hydrogens is 270 g/mol. The summed E-state index contributed by atoms with van der Waals surface area (Å²) < 4.78 is 5.54. The van der Waals surface area contributed by atoms with Crippen LogP contribution in [0.4, 0.5) is 0 Å². The number of nitrogens with zero attached hydrogens (tertiary/aromatic N) is 1. The quantitative estimate of drug-likeness (QED) is 0.779. The highest BCUT2D eigenvalue weighted by Gasteiger charge is 2.19. The number of hydrogen-bond acceptors (Lipinski definition) is 2. The molecule has 2 aromatic rings. The monoisotopic (exact) mass is 293 g/mol. The Labute approximate surface area is 133 Å². The molecule has 114 valence electrons. The average Bonchev–Trinajstić information content (AvgIpc) is 2.62. The average molecular weight is 293 g/mol. The molecule has 0 radical (unpaired) electrons. The van der Waals surface area contributed by atoms with Crippen LogP contribution in [-0.4, -0.2) is 31.2 Å². The van der Waals surface area contributed by atoms with Crippen LogP contribution in [0.15, 0.2) is 60.7 Å². The Balaban J connectivity index is 2.12. The van der Waals surface area contributed by atoms with Crippen molar-refractivity contribution in [3.8, 4) is 0 Å². The molecular formula is C20H23NO. The Hall–Kier alpha value is -2.06. The van der Waals surface area contributed by atoms with Gasteiger partial charge in [-0.05, 0) is 23.1 Å². The molecule has 22 heavy (non-hydrogen) atoms. The maximum atomic E-state index is 5.54. The van der Waals surface area contributed by atoms with E-state index in [4.69, 9.17) is 4.74 Å². The molecule has 1 heterocycles. The molecule has 1 aliphatic heterocycles. The van der Waals surface area contributed by atoms with Gasteiger partial charge < -0.3 is 9.64 Å². The van der Waals surface area contributed by atoms with Gasteiger partial charge in [-0.1, -0.05) is 67.6 Å². The zero-order chi connectivity index (χ0) is 15.2. The van der Waals surface area contributed by atoms with E-state index in [9.17, 15) is 0 Å². The summed E-state index contributed by atoms with van der Waals surface area (Å²) >= 11 is 0. The Morgan fingerprint density at radius 1 is 0.864 bits per heavy atom. The number of hydrogen-bond donors (Lipinski definition) is 0. The van der Waals surface area contributed by atoms with Gasteiger partial charge in [-0.3, -0.25) is 0 Å². The molecule has 0 spiro atoms. The summed E-state index contributed by atoms with van der Waals surface area (Å²) in [6.07, 6.45) is 1.02. The summed E-state index contributed by atoms with van der Waals surface area (Å²) in [6.45, 7) is 5.77. The predicted molar refractivity (Wildman–Crippen MR) is 92.4 cm³/mol. The second-order valence-electron chi connectivity index (χ2n) is 5.51. The lowest BCUT2D eigenvalue weighted by molar-refractivity contribution is 0.0641. The van der Waals surface area contributed by atoms with Crippen LogP contribution in [-0.2, 0) is 4.74 Å². The highest BCUT2D eigenvalue weighted by Crippen LogP contribution is 2.32. The molecule has 0 aliphatic carbocycles. The molecule has 2 nitrogen and oxygen atoms in total. The van der Waals surface area contributed by atoms with Gasteiger partial charge in [-0.25, -0.2) is 0 Å². The van der Waals surface area contributed by atoms with E-state index >= 15 is 0 Å². The fourth-order valence-electron chi connectivity index (χ4n) is 3.08. The first-order chi connectivity index (χ1) is 10.9. The van der Waals surface area contributed by atoms with Crippen LogP contribution in [0.1, 0.15) is 24.5 Å². The molecule has 0 saturated carbocycles.